The molecule has 2 N–H and O–H groups in total. The molecule has 0 spiro atoms. The van der Waals surface area contributed by atoms with Crippen molar-refractivity contribution in [2.24, 2.45) is 0 Å². The van der Waals surface area contributed by atoms with E-state index >= 15 is 0 Å². The lowest BCUT2D eigenvalue weighted by Gasteiger charge is -2.08. The molecule has 0 saturated heterocycles. The number of benzene rings is 2. The SMILES string of the molecule is O=C(O)c1ccc(CNc2cc(F)ccc2F)cc1F. The molecule has 0 bridgehead atoms. The molecule has 2 aromatic rings. The van der Waals surface area contributed by atoms with E-state index in [0.29, 0.717) is 5.56 Å². The molecule has 0 aliphatic carbocycles. The van der Waals surface area contributed by atoms with E-state index in [2.05, 4.69) is 5.32 Å². The Bertz CT molecular complexity index is 659. The van der Waals surface area contributed by atoms with Gasteiger partial charge in [0, 0.05) is 6.54 Å². The summed E-state index contributed by atoms with van der Waals surface area (Å²) in [5.74, 6) is -3.47. The average molecular weight is 281 g/mol. The largest absolute Gasteiger partial charge is 0.478 e. The van der Waals surface area contributed by atoms with Crippen LogP contribution >= 0.6 is 0 Å². The lowest BCUT2D eigenvalue weighted by atomic mass is 10.1. The number of anilines is 1. The number of carboxylic acids is 1. The van der Waals surface area contributed by atoms with Gasteiger partial charge in [-0.2, -0.15) is 0 Å². The van der Waals surface area contributed by atoms with Crippen LogP contribution in [-0.4, -0.2) is 11.1 Å². The molecule has 3 nitrogen and oxygen atoms in total. The molecule has 0 fully saturated rings. The van der Waals surface area contributed by atoms with Crippen LogP contribution in [0.15, 0.2) is 36.4 Å². The molecular formula is C14H10F3NO2. The zero-order chi connectivity index (χ0) is 14.7. The number of hydrogen-bond acceptors (Lipinski definition) is 2. The number of rotatable bonds is 4. The summed E-state index contributed by atoms with van der Waals surface area (Å²) in [6.45, 7) is 0.0389. The van der Waals surface area contributed by atoms with Gasteiger partial charge in [-0.3, -0.25) is 0 Å². The quantitative estimate of drug-likeness (QED) is 0.902. The van der Waals surface area contributed by atoms with Gasteiger partial charge in [0.05, 0.1) is 11.3 Å². The Kier molecular flexibility index (Phi) is 3.93. The summed E-state index contributed by atoms with van der Waals surface area (Å²) in [7, 11) is 0. The molecule has 0 saturated carbocycles. The normalized spacial score (nSPS) is 10.3. The molecule has 0 heterocycles. The van der Waals surface area contributed by atoms with Gasteiger partial charge in [0.1, 0.15) is 17.5 Å². The van der Waals surface area contributed by atoms with Crippen LogP contribution in [-0.2, 0) is 6.54 Å². The minimum absolute atomic E-state index is 0.0389. The Morgan fingerprint density at radius 1 is 1.05 bits per heavy atom. The molecule has 20 heavy (non-hydrogen) atoms. The van der Waals surface area contributed by atoms with E-state index in [-0.39, 0.29) is 12.2 Å². The first-order valence-corrected chi connectivity index (χ1v) is 5.68. The monoisotopic (exact) mass is 281 g/mol. The molecule has 2 rings (SSSR count). The first-order chi connectivity index (χ1) is 9.47. The molecule has 2 aromatic carbocycles. The second-order valence-corrected chi connectivity index (χ2v) is 4.10. The molecule has 0 aliphatic heterocycles. The van der Waals surface area contributed by atoms with E-state index in [4.69, 9.17) is 5.11 Å². The zero-order valence-electron chi connectivity index (χ0n) is 10.2. The first kappa shape index (κ1) is 13.9. The van der Waals surface area contributed by atoms with E-state index in [1.54, 1.807) is 0 Å². The van der Waals surface area contributed by atoms with Gasteiger partial charge in [-0.1, -0.05) is 6.07 Å². The fraction of sp³-hybridized carbons (Fsp3) is 0.0714. The summed E-state index contributed by atoms with van der Waals surface area (Å²) in [4.78, 5) is 10.6. The van der Waals surface area contributed by atoms with E-state index in [1.165, 1.54) is 6.07 Å². The molecule has 0 aromatic heterocycles. The van der Waals surface area contributed by atoms with Crippen molar-refractivity contribution in [3.05, 3.63) is 65.0 Å². The standard InChI is InChI=1S/C14H10F3NO2/c15-9-2-4-11(16)13(6-9)18-7-8-1-3-10(14(19)20)12(17)5-8/h1-6,18H,7H2,(H,19,20). The first-order valence-electron chi connectivity index (χ1n) is 5.68. The van der Waals surface area contributed by atoms with Crippen LogP contribution in [0.5, 0.6) is 0 Å². The number of carboxylic acid groups (broad SMARTS) is 1. The zero-order valence-corrected chi connectivity index (χ0v) is 10.2. The highest BCUT2D eigenvalue weighted by Gasteiger charge is 2.10. The van der Waals surface area contributed by atoms with Crippen molar-refractivity contribution in [2.45, 2.75) is 6.54 Å². The van der Waals surface area contributed by atoms with Crippen LogP contribution in [0.3, 0.4) is 0 Å². The van der Waals surface area contributed by atoms with Crippen molar-refractivity contribution < 1.29 is 23.1 Å². The summed E-state index contributed by atoms with van der Waals surface area (Å²) in [6.07, 6.45) is 0. The van der Waals surface area contributed by atoms with Crippen LogP contribution < -0.4 is 5.32 Å². The van der Waals surface area contributed by atoms with E-state index in [9.17, 15) is 18.0 Å². The van der Waals surface area contributed by atoms with Gasteiger partial charge in [0.15, 0.2) is 0 Å². The Morgan fingerprint density at radius 2 is 1.80 bits per heavy atom. The molecular weight excluding hydrogens is 271 g/mol. The van der Waals surface area contributed by atoms with Gasteiger partial charge in [-0.05, 0) is 35.9 Å². The number of halogens is 3. The van der Waals surface area contributed by atoms with Crippen LogP contribution in [0.4, 0.5) is 18.9 Å². The van der Waals surface area contributed by atoms with Gasteiger partial charge >= 0.3 is 5.97 Å². The molecule has 0 aliphatic rings. The Balaban J connectivity index is 2.13. The summed E-state index contributed by atoms with van der Waals surface area (Å²) < 4.78 is 39.7. The fourth-order valence-electron chi connectivity index (χ4n) is 1.67. The highest BCUT2D eigenvalue weighted by Crippen LogP contribution is 2.17. The highest BCUT2D eigenvalue weighted by atomic mass is 19.1. The third-order valence-electron chi connectivity index (χ3n) is 2.68. The van der Waals surface area contributed by atoms with Crippen LogP contribution in [0.1, 0.15) is 15.9 Å². The Labute approximate surface area is 112 Å². The summed E-state index contributed by atoms with van der Waals surface area (Å²) in [6, 6.07) is 6.51. The summed E-state index contributed by atoms with van der Waals surface area (Å²) >= 11 is 0. The number of carbonyl (C=O) groups is 1. The third kappa shape index (κ3) is 3.09. The van der Waals surface area contributed by atoms with E-state index in [1.807, 2.05) is 0 Å². The van der Waals surface area contributed by atoms with Crippen molar-refractivity contribution >= 4 is 11.7 Å². The lowest BCUT2D eigenvalue weighted by molar-refractivity contribution is 0.0692. The van der Waals surface area contributed by atoms with Crippen LogP contribution in [0.2, 0.25) is 0 Å². The minimum Gasteiger partial charge on any atom is -0.478 e. The van der Waals surface area contributed by atoms with Gasteiger partial charge in [-0.15, -0.1) is 0 Å². The number of nitrogens with one attached hydrogen (secondary N) is 1. The fourth-order valence-corrected chi connectivity index (χ4v) is 1.67. The maximum Gasteiger partial charge on any atom is 0.338 e. The van der Waals surface area contributed by atoms with Crippen molar-refractivity contribution in [3.63, 3.8) is 0 Å². The molecule has 0 radical (unpaired) electrons. The summed E-state index contributed by atoms with van der Waals surface area (Å²) in [5, 5.41) is 11.3. The molecule has 0 unspecified atom stereocenters. The number of hydrogen-bond donors (Lipinski definition) is 2. The van der Waals surface area contributed by atoms with Crippen LogP contribution in [0.25, 0.3) is 0 Å². The van der Waals surface area contributed by atoms with Gasteiger partial charge in [0.25, 0.3) is 0 Å². The second-order valence-electron chi connectivity index (χ2n) is 4.10. The van der Waals surface area contributed by atoms with Crippen molar-refractivity contribution in [3.8, 4) is 0 Å². The maximum absolute atomic E-state index is 13.4. The highest BCUT2D eigenvalue weighted by molar-refractivity contribution is 5.87. The molecule has 104 valence electrons. The molecule has 0 amide bonds. The van der Waals surface area contributed by atoms with Crippen molar-refractivity contribution in [2.75, 3.05) is 5.32 Å². The van der Waals surface area contributed by atoms with Crippen molar-refractivity contribution in [1.29, 1.82) is 0 Å². The smallest absolute Gasteiger partial charge is 0.338 e. The Morgan fingerprint density at radius 3 is 2.45 bits per heavy atom. The average Bonchev–Trinajstić information content (AvgIpc) is 2.39. The van der Waals surface area contributed by atoms with E-state index in [0.717, 1.165) is 30.3 Å². The summed E-state index contributed by atoms with van der Waals surface area (Å²) in [5.41, 5.74) is -0.0745. The van der Waals surface area contributed by atoms with Gasteiger partial charge < -0.3 is 10.4 Å². The van der Waals surface area contributed by atoms with Crippen molar-refractivity contribution in [1.82, 2.24) is 0 Å². The molecule has 0 atom stereocenters. The maximum atomic E-state index is 13.4. The van der Waals surface area contributed by atoms with Gasteiger partial charge in [0.2, 0.25) is 0 Å². The third-order valence-corrected chi connectivity index (χ3v) is 2.68. The van der Waals surface area contributed by atoms with E-state index < -0.39 is 29.0 Å². The molecule has 6 heteroatoms. The minimum atomic E-state index is -1.36. The van der Waals surface area contributed by atoms with Crippen LogP contribution in [0, 0.1) is 17.5 Å². The predicted octanol–water partition coefficient (Wildman–Crippen LogP) is 3.41. The Hall–Kier alpha value is -2.50. The number of aromatic carboxylic acids is 1. The second kappa shape index (κ2) is 5.64. The topological polar surface area (TPSA) is 49.3 Å². The van der Waals surface area contributed by atoms with Gasteiger partial charge in [-0.25, -0.2) is 18.0 Å². The predicted molar refractivity (Wildman–Crippen MR) is 67.0 cm³/mol. The lowest BCUT2D eigenvalue weighted by Crippen LogP contribution is -2.05.